The van der Waals surface area contributed by atoms with Crippen LogP contribution < -0.4 is 5.32 Å². The van der Waals surface area contributed by atoms with E-state index in [1.165, 1.54) is 12.1 Å². The average Bonchev–Trinajstić information content (AvgIpc) is 3.03. The Labute approximate surface area is 151 Å². The summed E-state index contributed by atoms with van der Waals surface area (Å²) < 4.78 is 14.7. The summed E-state index contributed by atoms with van der Waals surface area (Å²) in [6.07, 6.45) is 0.304. The molecule has 0 bridgehead atoms. The number of aromatic nitrogens is 4. The molecule has 0 saturated heterocycles. The number of hydrogen-bond acceptors (Lipinski definition) is 4. The smallest absolute Gasteiger partial charge is 0.224 e. The zero-order valence-electron chi connectivity index (χ0n) is 14.9. The lowest BCUT2D eigenvalue weighted by atomic mass is 9.97. The van der Waals surface area contributed by atoms with E-state index in [1.807, 2.05) is 39.0 Å². The Kier molecular flexibility index (Phi) is 5.06. The first-order valence-corrected chi connectivity index (χ1v) is 8.35. The minimum Gasteiger partial charge on any atom is -0.326 e. The Bertz CT molecular complexity index is 920. The normalized spacial score (nSPS) is 12.0. The van der Waals surface area contributed by atoms with Gasteiger partial charge in [-0.25, -0.2) is 4.39 Å². The van der Waals surface area contributed by atoms with E-state index in [0.29, 0.717) is 17.9 Å². The second-order valence-corrected chi connectivity index (χ2v) is 6.34. The molecule has 1 aromatic heterocycles. The molecule has 1 atom stereocenters. The molecule has 1 amide bonds. The number of amides is 1. The van der Waals surface area contributed by atoms with Crippen LogP contribution in [0.2, 0.25) is 0 Å². The van der Waals surface area contributed by atoms with Crippen molar-refractivity contribution in [3.05, 3.63) is 65.2 Å². The Morgan fingerprint density at radius 3 is 2.58 bits per heavy atom. The van der Waals surface area contributed by atoms with E-state index in [9.17, 15) is 9.18 Å². The van der Waals surface area contributed by atoms with Crippen LogP contribution in [0.5, 0.6) is 0 Å². The largest absolute Gasteiger partial charge is 0.326 e. The average molecular weight is 353 g/mol. The van der Waals surface area contributed by atoms with Crippen molar-refractivity contribution in [1.29, 1.82) is 0 Å². The Hall–Kier alpha value is -3.09. The maximum atomic E-state index is 13.0. The molecule has 0 aliphatic heterocycles. The van der Waals surface area contributed by atoms with Gasteiger partial charge in [-0.1, -0.05) is 25.1 Å². The van der Waals surface area contributed by atoms with Gasteiger partial charge in [-0.3, -0.25) is 4.79 Å². The third kappa shape index (κ3) is 3.93. The first-order chi connectivity index (χ1) is 12.4. The van der Waals surface area contributed by atoms with Gasteiger partial charge in [0.2, 0.25) is 5.91 Å². The number of rotatable bonds is 5. The van der Waals surface area contributed by atoms with E-state index in [4.69, 9.17) is 0 Å². The zero-order chi connectivity index (χ0) is 18.7. The molecule has 134 valence electrons. The maximum absolute atomic E-state index is 13.0. The summed E-state index contributed by atoms with van der Waals surface area (Å²) in [5.41, 5.74) is 3.42. The SMILES string of the molecule is Cc1ccc(NC(=O)CC(C)c2ccc(F)cc2)cc1-n1nnnc1C. The predicted molar refractivity (Wildman–Crippen MR) is 96.7 cm³/mol. The number of aryl methyl sites for hydroxylation is 2. The van der Waals surface area contributed by atoms with Crippen LogP contribution in [0.3, 0.4) is 0 Å². The van der Waals surface area contributed by atoms with Crippen molar-refractivity contribution in [2.75, 3.05) is 5.32 Å². The van der Waals surface area contributed by atoms with Crippen molar-refractivity contribution < 1.29 is 9.18 Å². The molecule has 0 spiro atoms. The van der Waals surface area contributed by atoms with Crippen LogP contribution in [-0.4, -0.2) is 26.1 Å². The van der Waals surface area contributed by atoms with Gasteiger partial charge in [0.05, 0.1) is 5.69 Å². The molecule has 2 aromatic carbocycles. The molecule has 26 heavy (non-hydrogen) atoms. The van der Waals surface area contributed by atoms with Crippen LogP contribution in [0, 0.1) is 19.7 Å². The van der Waals surface area contributed by atoms with Crippen molar-refractivity contribution in [1.82, 2.24) is 20.2 Å². The number of halogens is 1. The summed E-state index contributed by atoms with van der Waals surface area (Å²) in [6.45, 7) is 5.71. The fraction of sp³-hybridized carbons (Fsp3) is 0.263. The number of hydrogen-bond donors (Lipinski definition) is 1. The molecule has 0 aliphatic carbocycles. The van der Waals surface area contributed by atoms with Gasteiger partial charge in [0.25, 0.3) is 0 Å². The van der Waals surface area contributed by atoms with Gasteiger partial charge in [0.1, 0.15) is 5.82 Å². The van der Waals surface area contributed by atoms with Crippen molar-refractivity contribution in [3.8, 4) is 5.69 Å². The molecule has 7 heteroatoms. The summed E-state index contributed by atoms with van der Waals surface area (Å²) in [5, 5.41) is 14.4. The summed E-state index contributed by atoms with van der Waals surface area (Å²) in [7, 11) is 0. The van der Waals surface area contributed by atoms with Gasteiger partial charge in [-0.2, -0.15) is 4.68 Å². The number of carbonyl (C=O) groups excluding carboxylic acids is 1. The summed E-state index contributed by atoms with van der Waals surface area (Å²) in [4.78, 5) is 12.4. The van der Waals surface area contributed by atoms with E-state index in [1.54, 1.807) is 16.8 Å². The molecule has 1 N–H and O–H groups in total. The molecule has 3 rings (SSSR count). The van der Waals surface area contributed by atoms with Crippen molar-refractivity contribution in [2.24, 2.45) is 0 Å². The highest BCUT2D eigenvalue weighted by atomic mass is 19.1. The number of benzene rings is 2. The third-order valence-electron chi connectivity index (χ3n) is 4.28. The van der Waals surface area contributed by atoms with Gasteiger partial charge in [0.15, 0.2) is 5.82 Å². The van der Waals surface area contributed by atoms with Gasteiger partial charge in [-0.15, -0.1) is 5.10 Å². The van der Waals surface area contributed by atoms with Gasteiger partial charge in [-0.05, 0) is 65.6 Å². The molecule has 0 aliphatic rings. The van der Waals surface area contributed by atoms with Crippen LogP contribution in [0.15, 0.2) is 42.5 Å². The highest BCUT2D eigenvalue weighted by Gasteiger charge is 2.13. The number of nitrogens with one attached hydrogen (secondary N) is 1. The summed E-state index contributed by atoms with van der Waals surface area (Å²) in [5.74, 6) is 0.268. The van der Waals surface area contributed by atoms with Crippen molar-refractivity contribution in [2.45, 2.75) is 33.1 Å². The zero-order valence-corrected chi connectivity index (χ0v) is 14.9. The number of tetrazole rings is 1. The second kappa shape index (κ2) is 7.43. The predicted octanol–water partition coefficient (Wildman–Crippen LogP) is 3.55. The standard InChI is InChI=1S/C19H20FN5O/c1-12-4-9-17(11-18(12)25-14(3)22-23-24-25)21-19(26)10-13(2)15-5-7-16(20)8-6-15/h4-9,11,13H,10H2,1-3H3,(H,21,26). The van der Waals surface area contributed by atoms with E-state index in [0.717, 1.165) is 16.8 Å². The van der Waals surface area contributed by atoms with E-state index < -0.39 is 0 Å². The van der Waals surface area contributed by atoms with Crippen LogP contribution in [0.4, 0.5) is 10.1 Å². The monoisotopic (exact) mass is 353 g/mol. The third-order valence-corrected chi connectivity index (χ3v) is 4.28. The van der Waals surface area contributed by atoms with Crippen molar-refractivity contribution in [3.63, 3.8) is 0 Å². The fourth-order valence-electron chi connectivity index (χ4n) is 2.77. The molecule has 6 nitrogen and oxygen atoms in total. The number of anilines is 1. The van der Waals surface area contributed by atoms with E-state index in [2.05, 4.69) is 20.8 Å². The van der Waals surface area contributed by atoms with E-state index in [-0.39, 0.29) is 17.6 Å². The highest BCUT2D eigenvalue weighted by molar-refractivity contribution is 5.91. The van der Waals surface area contributed by atoms with Gasteiger partial charge >= 0.3 is 0 Å². The van der Waals surface area contributed by atoms with Crippen LogP contribution in [-0.2, 0) is 4.79 Å². The van der Waals surface area contributed by atoms with Crippen LogP contribution in [0.1, 0.15) is 36.2 Å². The second-order valence-electron chi connectivity index (χ2n) is 6.34. The summed E-state index contributed by atoms with van der Waals surface area (Å²) in [6, 6.07) is 11.8. The Morgan fingerprint density at radius 1 is 1.19 bits per heavy atom. The highest BCUT2D eigenvalue weighted by Crippen LogP contribution is 2.22. The lowest BCUT2D eigenvalue weighted by molar-refractivity contribution is -0.116. The Balaban J connectivity index is 1.71. The molecular formula is C19H20FN5O. The molecular weight excluding hydrogens is 333 g/mol. The van der Waals surface area contributed by atoms with Gasteiger partial charge < -0.3 is 5.32 Å². The van der Waals surface area contributed by atoms with E-state index >= 15 is 0 Å². The molecule has 0 radical (unpaired) electrons. The Morgan fingerprint density at radius 2 is 1.92 bits per heavy atom. The lowest BCUT2D eigenvalue weighted by Gasteiger charge is -2.13. The summed E-state index contributed by atoms with van der Waals surface area (Å²) >= 11 is 0. The van der Waals surface area contributed by atoms with Gasteiger partial charge in [0, 0.05) is 12.1 Å². The minimum atomic E-state index is -0.282. The fourth-order valence-corrected chi connectivity index (χ4v) is 2.77. The molecule has 1 heterocycles. The number of nitrogens with zero attached hydrogens (tertiary/aromatic N) is 4. The minimum absolute atomic E-state index is 0.0118. The van der Waals surface area contributed by atoms with Crippen LogP contribution in [0.25, 0.3) is 5.69 Å². The van der Waals surface area contributed by atoms with Crippen LogP contribution >= 0.6 is 0 Å². The molecule has 3 aromatic rings. The lowest BCUT2D eigenvalue weighted by Crippen LogP contribution is -2.15. The molecule has 1 unspecified atom stereocenters. The number of carbonyl (C=O) groups is 1. The van der Waals surface area contributed by atoms with Crippen molar-refractivity contribution >= 4 is 11.6 Å². The molecule has 0 fully saturated rings. The first-order valence-electron chi connectivity index (χ1n) is 8.35. The molecule has 0 saturated carbocycles. The first kappa shape index (κ1) is 17.7. The maximum Gasteiger partial charge on any atom is 0.224 e. The topological polar surface area (TPSA) is 72.7 Å². The quantitative estimate of drug-likeness (QED) is 0.761.